The molecule has 1 aliphatic heterocycles. The highest BCUT2D eigenvalue weighted by Gasteiger charge is 2.24. The number of nitrogens with zero attached hydrogens (tertiary/aromatic N) is 1. The van der Waals surface area contributed by atoms with E-state index < -0.39 is 0 Å². The summed E-state index contributed by atoms with van der Waals surface area (Å²) in [5.41, 5.74) is 11.5. The minimum absolute atomic E-state index is 0.0132. The first-order valence-corrected chi connectivity index (χ1v) is 9.34. The molecule has 2 amide bonds. The zero-order valence-electron chi connectivity index (χ0n) is 15.4. The molecule has 3 aromatic rings. The van der Waals surface area contributed by atoms with Crippen LogP contribution in [0.5, 0.6) is 0 Å². The van der Waals surface area contributed by atoms with E-state index in [0.717, 1.165) is 40.4 Å². The number of primary amides is 1. The van der Waals surface area contributed by atoms with E-state index in [1.165, 1.54) is 5.56 Å². The number of carbonyl (C=O) groups is 2. The summed E-state index contributed by atoms with van der Waals surface area (Å²) in [6.45, 7) is 3.31. The second-order valence-corrected chi connectivity index (χ2v) is 7.09. The predicted molar refractivity (Wildman–Crippen MR) is 105 cm³/mol. The van der Waals surface area contributed by atoms with Gasteiger partial charge < -0.3 is 15.6 Å². The topological polar surface area (TPSA) is 79.2 Å². The van der Waals surface area contributed by atoms with Crippen LogP contribution in [0.25, 0.3) is 10.9 Å². The summed E-state index contributed by atoms with van der Waals surface area (Å²) < 4.78 is 0. The molecule has 5 nitrogen and oxygen atoms in total. The van der Waals surface area contributed by atoms with Crippen LogP contribution in [0.4, 0.5) is 0 Å². The van der Waals surface area contributed by atoms with Crippen molar-refractivity contribution >= 4 is 22.7 Å². The maximum Gasteiger partial charge on any atom is 0.270 e. The number of H-pyrrole nitrogens is 1. The number of aromatic amines is 1. The summed E-state index contributed by atoms with van der Waals surface area (Å²) >= 11 is 0. The molecule has 138 valence electrons. The first-order chi connectivity index (χ1) is 13.1. The van der Waals surface area contributed by atoms with E-state index in [2.05, 4.69) is 18.0 Å². The minimum atomic E-state index is -0.327. The van der Waals surface area contributed by atoms with Crippen LogP contribution in [0.1, 0.15) is 39.7 Å². The molecule has 1 aliphatic rings. The normalized spacial score (nSPS) is 13.6. The first-order valence-electron chi connectivity index (χ1n) is 9.34. The zero-order chi connectivity index (χ0) is 19.0. The Morgan fingerprint density at radius 1 is 1.15 bits per heavy atom. The molecule has 0 bridgehead atoms. The fourth-order valence-corrected chi connectivity index (χ4v) is 4.03. The lowest BCUT2D eigenvalue weighted by atomic mass is 9.92. The zero-order valence-corrected chi connectivity index (χ0v) is 15.4. The second-order valence-electron chi connectivity index (χ2n) is 7.09. The number of rotatable bonds is 4. The third kappa shape index (κ3) is 3.21. The molecule has 0 fully saturated rings. The van der Waals surface area contributed by atoms with Gasteiger partial charge in [0, 0.05) is 24.0 Å². The molecule has 5 heteroatoms. The van der Waals surface area contributed by atoms with E-state index >= 15 is 0 Å². The third-order valence-corrected chi connectivity index (χ3v) is 5.38. The van der Waals surface area contributed by atoms with Gasteiger partial charge in [-0.15, -0.1) is 0 Å². The number of fused-ring (bicyclic) bond motifs is 2. The van der Waals surface area contributed by atoms with Gasteiger partial charge in [0.25, 0.3) is 5.91 Å². The number of carbonyl (C=O) groups excluding carboxylic acids is 2. The number of aryl methyl sites for hydroxylation is 1. The van der Waals surface area contributed by atoms with Gasteiger partial charge >= 0.3 is 0 Å². The van der Waals surface area contributed by atoms with Gasteiger partial charge in [0.05, 0.1) is 6.42 Å². The summed E-state index contributed by atoms with van der Waals surface area (Å²) in [7, 11) is 0. The Morgan fingerprint density at radius 3 is 2.70 bits per heavy atom. The molecular weight excluding hydrogens is 338 g/mol. The van der Waals surface area contributed by atoms with E-state index in [9.17, 15) is 9.59 Å². The highest BCUT2D eigenvalue weighted by atomic mass is 16.2. The average Bonchev–Trinajstić information content (AvgIpc) is 3.11. The highest BCUT2D eigenvalue weighted by Crippen LogP contribution is 2.26. The van der Waals surface area contributed by atoms with E-state index in [-0.39, 0.29) is 18.2 Å². The van der Waals surface area contributed by atoms with Gasteiger partial charge in [-0.25, -0.2) is 0 Å². The van der Waals surface area contributed by atoms with Crippen LogP contribution >= 0.6 is 0 Å². The summed E-state index contributed by atoms with van der Waals surface area (Å²) in [6.07, 6.45) is 1.92. The lowest BCUT2D eigenvalue weighted by Gasteiger charge is -2.30. The molecule has 0 aliphatic carbocycles. The molecule has 2 aromatic carbocycles. The largest absolute Gasteiger partial charge is 0.369 e. The van der Waals surface area contributed by atoms with Crippen LogP contribution in [0.2, 0.25) is 0 Å². The first kappa shape index (κ1) is 17.3. The van der Waals surface area contributed by atoms with Crippen molar-refractivity contribution in [1.82, 2.24) is 9.88 Å². The van der Waals surface area contributed by atoms with Crippen LogP contribution < -0.4 is 5.73 Å². The van der Waals surface area contributed by atoms with Crippen molar-refractivity contribution in [2.24, 2.45) is 5.73 Å². The predicted octanol–water partition coefficient (Wildman–Crippen LogP) is 2.96. The van der Waals surface area contributed by atoms with E-state index in [1.807, 2.05) is 41.3 Å². The lowest BCUT2D eigenvalue weighted by molar-refractivity contribution is -0.117. The molecule has 27 heavy (non-hydrogen) atoms. The Morgan fingerprint density at radius 2 is 1.93 bits per heavy atom. The van der Waals surface area contributed by atoms with Crippen LogP contribution in [-0.4, -0.2) is 28.2 Å². The van der Waals surface area contributed by atoms with Gasteiger partial charge in [-0.2, -0.15) is 0 Å². The molecule has 0 saturated carbocycles. The van der Waals surface area contributed by atoms with Crippen molar-refractivity contribution < 1.29 is 9.59 Å². The number of hydrogen-bond donors (Lipinski definition) is 2. The summed E-state index contributed by atoms with van der Waals surface area (Å²) in [6, 6.07) is 14.0. The van der Waals surface area contributed by atoms with Gasteiger partial charge in [0.2, 0.25) is 5.91 Å². The Balaban J connectivity index is 1.61. The highest BCUT2D eigenvalue weighted by molar-refractivity contribution is 5.99. The van der Waals surface area contributed by atoms with E-state index in [4.69, 9.17) is 5.73 Å². The van der Waals surface area contributed by atoms with Gasteiger partial charge in [0.15, 0.2) is 0 Å². The fraction of sp³-hybridized carbons (Fsp3) is 0.273. The van der Waals surface area contributed by atoms with Crippen LogP contribution in [0, 0.1) is 0 Å². The van der Waals surface area contributed by atoms with Gasteiger partial charge in [0.1, 0.15) is 5.69 Å². The monoisotopic (exact) mass is 361 g/mol. The number of hydrogen-bond acceptors (Lipinski definition) is 2. The second kappa shape index (κ2) is 6.91. The van der Waals surface area contributed by atoms with Crippen molar-refractivity contribution in [2.75, 3.05) is 6.54 Å². The van der Waals surface area contributed by atoms with E-state index in [1.54, 1.807) is 0 Å². The van der Waals surface area contributed by atoms with Crippen LogP contribution in [-0.2, 0) is 30.6 Å². The van der Waals surface area contributed by atoms with Gasteiger partial charge in [-0.1, -0.05) is 37.3 Å². The number of benzene rings is 2. The molecule has 0 saturated heterocycles. The molecule has 1 aromatic heterocycles. The summed E-state index contributed by atoms with van der Waals surface area (Å²) in [5.74, 6) is -0.314. The number of nitrogens with one attached hydrogen (secondary N) is 1. The smallest absolute Gasteiger partial charge is 0.270 e. The molecule has 0 spiro atoms. The summed E-state index contributed by atoms with van der Waals surface area (Å²) in [4.78, 5) is 29.5. The Labute approximate surface area is 158 Å². The molecule has 4 rings (SSSR count). The molecular formula is C22H23N3O2. The Hall–Kier alpha value is -3.08. The van der Waals surface area contributed by atoms with Crippen LogP contribution in [0.15, 0.2) is 42.5 Å². The van der Waals surface area contributed by atoms with Crippen molar-refractivity contribution in [3.8, 4) is 0 Å². The number of nitrogens with two attached hydrogens (primary N) is 1. The van der Waals surface area contributed by atoms with Crippen LogP contribution in [0.3, 0.4) is 0 Å². The molecule has 2 heterocycles. The van der Waals surface area contributed by atoms with Gasteiger partial charge in [-0.3, -0.25) is 9.59 Å². The van der Waals surface area contributed by atoms with Crippen molar-refractivity contribution in [3.05, 3.63) is 70.4 Å². The third-order valence-electron chi connectivity index (χ3n) is 5.38. The molecule has 3 N–H and O–H groups in total. The minimum Gasteiger partial charge on any atom is -0.369 e. The Kier molecular flexibility index (Phi) is 4.44. The number of aromatic nitrogens is 1. The molecule has 0 atom stereocenters. The molecule has 0 radical (unpaired) electrons. The number of amides is 2. The quantitative estimate of drug-likeness (QED) is 0.749. The maximum absolute atomic E-state index is 13.1. The van der Waals surface area contributed by atoms with Crippen molar-refractivity contribution in [1.29, 1.82) is 0 Å². The SMILES string of the molecule is CCc1cccc2[nH]c(C(=O)N3CCc4c(CC(N)=O)cccc4C3)cc12. The molecule has 0 unspecified atom stereocenters. The lowest BCUT2D eigenvalue weighted by Crippen LogP contribution is -2.36. The van der Waals surface area contributed by atoms with Crippen molar-refractivity contribution in [3.63, 3.8) is 0 Å². The summed E-state index contributed by atoms with van der Waals surface area (Å²) in [5, 5.41) is 1.12. The van der Waals surface area contributed by atoms with E-state index in [0.29, 0.717) is 18.8 Å². The average molecular weight is 361 g/mol. The fourth-order valence-electron chi connectivity index (χ4n) is 4.03. The Bertz CT molecular complexity index is 1040. The van der Waals surface area contributed by atoms with Crippen molar-refractivity contribution in [2.45, 2.75) is 32.7 Å². The standard InChI is InChI=1S/C22H23N3O2/c1-2-14-5-4-8-19-18(14)12-20(24-19)22(27)25-10-9-17-15(11-21(23)26)6-3-7-16(17)13-25/h3-8,12,24H,2,9-11,13H2,1H3,(H2,23,26). The van der Waals surface area contributed by atoms with Gasteiger partial charge in [-0.05, 0) is 47.2 Å². The maximum atomic E-state index is 13.1.